The quantitative estimate of drug-likeness (QED) is 0.765. The minimum absolute atomic E-state index is 0.872. The highest BCUT2D eigenvalue weighted by Crippen LogP contribution is 2.30. The zero-order valence-electron chi connectivity index (χ0n) is 11.3. The van der Waals surface area contributed by atoms with Crippen LogP contribution in [-0.2, 0) is 6.54 Å². The first-order valence-corrected chi connectivity index (χ1v) is 7.57. The first-order valence-electron chi connectivity index (χ1n) is 7.20. The highest BCUT2D eigenvalue weighted by molar-refractivity contribution is 6.31. The molecule has 1 aliphatic rings. The van der Waals surface area contributed by atoms with E-state index in [0.29, 0.717) is 0 Å². The fourth-order valence-electron chi connectivity index (χ4n) is 2.99. The van der Waals surface area contributed by atoms with E-state index in [1.165, 1.54) is 37.7 Å². The zero-order valence-corrected chi connectivity index (χ0v) is 12.0. The van der Waals surface area contributed by atoms with Gasteiger partial charge in [-0.25, -0.2) is 0 Å². The van der Waals surface area contributed by atoms with E-state index < -0.39 is 0 Å². The Labute approximate surface area is 116 Å². The fraction of sp³-hybridized carbons (Fsp3) is 0.625. The van der Waals surface area contributed by atoms with Crippen molar-refractivity contribution < 1.29 is 0 Å². The lowest BCUT2D eigenvalue weighted by Crippen LogP contribution is -2.21. The van der Waals surface area contributed by atoms with Crippen molar-refractivity contribution in [2.75, 3.05) is 6.54 Å². The molecule has 100 valence electrons. The average Bonchev–Trinajstić information content (AvgIpc) is 2.37. The Morgan fingerprint density at radius 3 is 2.89 bits per heavy atom. The zero-order chi connectivity index (χ0) is 12.8. The minimum Gasteiger partial charge on any atom is -0.313 e. The fourth-order valence-corrected chi connectivity index (χ4v) is 3.20. The maximum absolute atomic E-state index is 6.13. The summed E-state index contributed by atoms with van der Waals surface area (Å²) in [6.07, 6.45) is 7.03. The molecule has 1 aromatic rings. The number of rotatable bonds is 5. The van der Waals surface area contributed by atoms with Crippen LogP contribution in [0.3, 0.4) is 0 Å². The summed E-state index contributed by atoms with van der Waals surface area (Å²) < 4.78 is 0. The molecule has 2 rings (SSSR count). The van der Waals surface area contributed by atoms with Crippen molar-refractivity contribution in [3.05, 3.63) is 34.9 Å². The lowest BCUT2D eigenvalue weighted by Gasteiger charge is -2.26. The van der Waals surface area contributed by atoms with E-state index in [-0.39, 0.29) is 0 Å². The molecule has 1 aromatic carbocycles. The Morgan fingerprint density at radius 2 is 2.11 bits per heavy atom. The van der Waals surface area contributed by atoms with Crippen molar-refractivity contribution in [3.63, 3.8) is 0 Å². The van der Waals surface area contributed by atoms with Crippen LogP contribution in [0.1, 0.15) is 44.6 Å². The first kappa shape index (κ1) is 13.9. The van der Waals surface area contributed by atoms with Crippen LogP contribution in [0.4, 0.5) is 0 Å². The van der Waals surface area contributed by atoms with Crippen LogP contribution in [0.25, 0.3) is 0 Å². The van der Waals surface area contributed by atoms with Gasteiger partial charge < -0.3 is 5.32 Å². The topological polar surface area (TPSA) is 12.0 Å². The maximum Gasteiger partial charge on any atom is 0.0450 e. The predicted octanol–water partition coefficient (Wildman–Crippen LogP) is 4.65. The molecule has 2 unspecified atom stereocenters. The third-order valence-electron chi connectivity index (χ3n) is 4.05. The molecule has 1 saturated carbocycles. The lowest BCUT2D eigenvalue weighted by atomic mass is 9.81. The number of nitrogens with one attached hydrogen (secondary N) is 1. The number of hydrogen-bond donors (Lipinski definition) is 1. The molecule has 0 aromatic heterocycles. The van der Waals surface area contributed by atoms with Crippen LogP contribution in [0.2, 0.25) is 5.02 Å². The smallest absolute Gasteiger partial charge is 0.0450 e. The molecule has 1 fully saturated rings. The van der Waals surface area contributed by atoms with E-state index in [2.05, 4.69) is 18.3 Å². The van der Waals surface area contributed by atoms with Crippen LogP contribution in [-0.4, -0.2) is 6.54 Å². The van der Waals surface area contributed by atoms with Gasteiger partial charge in [0.15, 0.2) is 0 Å². The first-order chi connectivity index (χ1) is 8.75. The second-order valence-electron chi connectivity index (χ2n) is 5.69. The van der Waals surface area contributed by atoms with E-state index in [9.17, 15) is 0 Å². The monoisotopic (exact) mass is 265 g/mol. The SMILES string of the molecule is CC1CCCC(CCNCc2ccccc2Cl)C1. The average molecular weight is 266 g/mol. The second kappa shape index (κ2) is 7.16. The van der Waals surface area contributed by atoms with Gasteiger partial charge in [0.2, 0.25) is 0 Å². The Balaban J connectivity index is 1.65. The van der Waals surface area contributed by atoms with Crippen molar-refractivity contribution in [1.82, 2.24) is 5.32 Å². The lowest BCUT2D eigenvalue weighted by molar-refractivity contribution is 0.267. The second-order valence-corrected chi connectivity index (χ2v) is 6.10. The molecule has 0 heterocycles. The summed E-state index contributed by atoms with van der Waals surface area (Å²) in [5, 5.41) is 4.39. The molecule has 2 atom stereocenters. The minimum atomic E-state index is 0.872. The summed E-state index contributed by atoms with van der Waals surface area (Å²) in [6.45, 7) is 4.40. The number of hydrogen-bond acceptors (Lipinski definition) is 1. The van der Waals surface area contributed by atoms with Gasteiger partial charge in [0.05, 0.1) is 0 Å². The van der Waals surface area contributed by atoms with Crippen LogP contribution in [0.5, 0.6) is 0 Å². The molecule has 2 heteroatoms. The molecular formula is C16H24ClN. The largest absolute Gasteiger partial charge is 0.313 e. The maximum atomic E-state index is 6.13. The molecule has 18 heavy (non-hydrogen) atoms. The number of benzene rings is 1. The summed E-state index contributed by atoms with van der Waals surface area (Å²) in [5.41, 5.74) is 1.20. The van der Waals surface area contributed by atoms with Gasteiger partial charge in [-0.2, -0.15) is 0 Å². The van der Waals surface area contributed by atoms with Crippen LogP contribution < -0.4 is 5.32 Å². The van der Waals surface area contributed by atoms with Gasteiger partial charge >= 0.3 is 0 Å². The predicted molar refractivity (Wildman–Crippen MR) is 78.9 cm³/mol. The molecular weight excluding hydrogens is 242 g/mol. The van der Waals surface area contributed by atoms with Gasteiger partial charge in [-0.15, -0.1) is 0 Å². The molecule has 0 aliphatic heterocycles. The highest BCUT2D eigenvalue weighted by atomic mass is 35.5. The highest BCUT2D eigenvalue weighted by Gasteiger charge is 2.18. The third kappa shape index (κ3) is 4.29. The Kier molecular flexibility index (Phi) is 5.52. The molecule has 0 radical (unpaired) electrons. The normalized spacial score (nSPS) is 24.1. The third-order valence-corrected chi connectivity index (χ3v) is 4.42. The Hall–Kier alpha value is -0.530. The molecule has 0 bridgehead atoms. The van der Waals surface area contributed by atoms with Crippen molar-refractivity contribution in [2.45, 2.75) is 45.6 Å². The van der Waals surface area contributed by atoms with Gasteiger partial charge in [-0.05, 0) is 42.9 Å². The van der Waals surface area contributed by atoms with Crippen molar-refractivity contribution in [3.8, 4) is 0 Å². The van der Waals surface area contributed by atoms with E-state index in [4.69, 9.17) is 11.6 Å². The van der Waals surface area contributed by atoms with Gasteiger partial charge in [0, 0.05) is 11.6 Å². The summed E-state index contributed by atoms with van der Waals surface area (Å²) in [4.78, 5) is 0. The molecule has 0 spiro atoms. The Bertz CT molecular complexity index is 364. The molecule has 0 amide bonds. The van der Waals surface area contributed by atoms with E-state index in [1.54, 1.807) is 0 Å². The molecule has 1 aliphatic carbocycles. The molecule has 0 saturated heterocycles. The van der Waals surface area contributed by atoms with Crippen LogP contribution >= 0.6 is 11.6 Å². The van der Waals surface area contributed by atoms with Gasteiger partial charge in [0.25, 0.3) is 0 Å². The van der Waals surface area contributed by atoms with E-state index >= 15 is 0 Å². The van der Waals surface area contributed by atoms with E-state index in [1.807, 2.05) is 18.2 Å². The molecule has 1 N–H and O–H groups in total. The van der Waals surface area contributed by atoms with Gasteiger partial charge in [0.1, 0.15) is 0 Å². The Morgan fingerprint density at radius 1 is 1.28 bits per heavy atom. The molecule has 1 nitrogen and oxygen atoms in total. The van der Waals surface area contributed by atoms with Crippen molar-refractivity contribution in [1.29, 1.82) is 0 Å². The van der Waals surface area contributed by atoms with Crippen molar-refractivity contribution >= 4 is 11.6 Å². The van der Waals surface area contributed by atoms with E-state index in [0.717, 1.165) is 29.9 Å². The van der Waals surface area contributed by atoms with Gasteiger partial charge in [-0.3, -0.25) is 0 Å². The number of halogens is 1. The summed E-state index contributed by atoms with van der Waals surface area (Å²) >= 11 is 6.13. The van der Waals surface area contributed by atoms with Gasteiger partial charge in [-0.1, -0.05) is 56.0 Å². The van der Waals surface area contributed by atoms with Crippen LogP contribution in [0.15, 0.2) is 24.3 Å². The van der Waals surface area contributed by atoms with Crippen molar-refractivity contribution in [2.24, 2.45) is 11.8 Å². The summed E-state index contributed by atoms with van der Waals surface area (Å²) in [7, 11) is 0. The summed E-state index contributed by atoms with van der Waals surface area (Å²) in [5.74, 6) is 1.87. The van der Waals surface area contributed by atoms with Crippen LogP contribution in [0, 0.1) is 11.8 Å². The standard InChI is InChI=1S/C16H24ClN/c1-13-5-4-6-14(11-13)9-10-18-12-15-7-2-3-8-16(15)17/h2-3,7-8,13-14,18H,4-6,9-12H2,1H3. The summed E-state index contributed by atoms with van der Waals surface area (Å²) in [6, 6.07) is 8.08.